The summed E-state index contributed by atoms with van der Waals surface area (Å²) in [7, 11) is 0. The topological polar surface area (TPSA) is 23.6 Å². The maximum Gasteiger partial charge on any atom is 0.246 e. The number of fused-ring (bicyclic) bond motifs is 1. The highest BCUT2D eigenvalue weighted by molar-refractivity contribution is 5.87. The molecule has 72 valence electrons. The molecule has 2 heterocycles. The van der Waals surface area contributed by atoms with Gasteiger partial charge >= 0.3 is 0 Å². The number of nitrogens with zero attached hydrogens (tertiary/aromatic N) is 2. The van der Waals surface area contributed by atoms with Crippen LogP contribution in [0.5, 0.6) is 0 Å². The number of piperazine rings is 1. The first-order valence-corrected chi connectivity index (χ1v) is 4.96. The first-order chi connectivity index (χ1) is 6.31. The minimum Gasteiger partial charge on any atom is -0.336 e. The highest BCUT2D eigenvalue weighted by Crippen LogP contribution is 2.21. The van der Waals surface area contributed by atoms with Gasteiger partial charge in [-0.05, 0) is 25.5 Å². The molecule has 0 aromatic carbocycles. The molecule has 2 aliphatic heterocycles. The van der Waals surface area contributed by atoms with Crippen molar-refractivity contribution in [3.05, 3.63) is 12.7 Å². The zero-order valence-corrected chi connectivity index (χ0v) is 7.91. The van der Waals surface area contributed by atoms with Crippen LogP contribution in [0.2, 0.25) is 0 Å². The van der Waals surface area contributed by atoms with Crippen molar-refractivity contribution in [2.45, 2.75) is 18.9 Å². The molecule has 3 nitrogen and oxygen atoms in total. The van der Waals surface area contributed by atoms with E-state index in [2.05, 4.69) is 11.5 Å². The van der Waals surface area contributed by atoms with E-state index in [0.29, 0.717) is 6.04 Å². The summed E-state index contributed by atoms with van der Waals surface area (Å²) < 4.78 is 0. The summed E-state index contributed by atoms with van der Waals surface area (Å²) in [5.74, 6) is 0.0894. The largest absolute Gasteiger partial charge is 0.336 e. The number of amides is 1. The smallest absolute Gasteiger partial charge is 0.246 e. The first kappa shape index (κ1) is 8.75. The molecule has 1 unspecified atom stereocenters. The van der Waals surface area contributed by atoms with Gasteiger partial charge in [-0.1, -0.05) is 6.58 Å². The summed E-state index contributed by atoms with van der Waals surface area (Å²) in [5, 5.41) is 0. The molecule has 3 heteroatoms. The lowest BCUT2D eigenvalue weighted by molar-refractivity contribution is -0.128. The molecular weight excluding hydrogens is 164 g/mol. The molecule has 1 amide bonds. The maximum absolute atomic E-state index is 11.3. The van der Waals surface area contributed by atoms with E-state index in [1.807, 2.05) is 4.90 Å². The summed E-state index contributed by atoms with van der Waals surface area (Å²) in [6.45, 7) is 7.57. The summed E-state index contributed by atoms with van der Waals surface area (Å²) >= 11 is 0. The highest BCUT2D eigenvalue weighted by atomic mass is 16.2. The third-order valence-corrected chi connectivity index (χ3v) is 3.07. The Morgan fingerprint density at radius 3 is 3.00 bits per heavy atom. The Morgan fingerprint density at radius 2 is 2.23 bits per heavy atom. The third-order valence-electron chi connectivity index (χ3n) is 3.07. The predicted molar refractivity (Wildman–Crippen MR) is 51.4 cm³/mol. The number of hydrogen-bond acceptors (Lipinski definition) is 2. The Hall–Kier alpha value is -0.830. The predicted octanol–water partition coefficient (Wildman–Crippen LogP) is 0.479. The standard InChI is InChI=1S/C10H16N2O/c1-2-10(13)12-7-6-11-5-3-4-9(11)8-12/h2,9H,1,3-8H2. The number of carbonyl (C=O) groups excluding carboxylic acids is 1. The van der Waals surface area contributed by atoms with Crippen LogP contribution in [0.1, 0.15) is 12.8 Å². The second-order valence-electron chi connectivity index (χ2n) is 3.82. The maximum atomic E-state index is 11.3. The van der Waals surface area contributed by atoms with Crippen molar-refractivity contribution in [2.75, 3.05) is 26.2 Å². The Morgan fingerprint density at radius 1 is 1.38 bits per heavy atom. The van der Waals surface area contributed by atoms with Crippen molar-refractivity contribution in [1.29, 1.82) is 0 Å². The van der Waals surface area contributed by atoms with Gasteiger partial charge in [-0.25, -0.2) is 0 Å². The minimum atomic E-state index is 0.0894. The fourth-order valence-electron chi connectivity index (χ4n) is 2.32. The molecule has 0 N–H and O–H groups in total. The molecule has 1 atom stereocenters. The molecule has 0 aromatic heterocycles. The molecule has 0 spiro atoms. The third kappa shape index (κ3) is 1.61. The molecule has 0 aliphatic carbocycles. The van der Waals surface area contributed by atoms with Crippen LogP contribution in [0.3, 0.4) is 0 Å². The Bertz CT molecular complexity index is 227. The molecule has 2 aliphatic rings. The van der Waals surface area contributed by atoms with Gasteiger partial charge in [0.05, 0.1) is 0 Å². The van der Waals surface area contributed by atoms with Gasteiger partial charge in [-0.3, -0.25) is 9.69 Å². The van der Waals surface area contributed by atoms with Crippen LogP contribution in [0.15, 0.2) is 12.7 Å². The Kier molecular flexibility index (Phi) is 2.36. The van der Waals surface area contributed by atoms with Crippen LogP contribution in [-0.4, -0.2) is 47.9 Å². The first-order valence-electron chi connectivity index (χ1n) is 4.96. The summed E-state index contributed by atoms with van der Waals surface area (Å²) in [4.78, 5) is 15.8. The van der Waals surface area contributed by atoms with Gasteiger partial charge in [0.1, 0.15) is 0 Å². The highest BCUT2D eigenvalue weighted by Gasteiger charge is 2.31. The normalized spacial score (nSPS) is 28.6. The van der Waals surface area contributed by atoms with E-state index >= 15 is 0 Å². The lowest BCUT2D eigenvalue weighted by Gasteiger charge is -2.36. The quantitative estimate of drug-likeness (QED) is 0.548. The van der Waals surface area contributed by atoms with Crippen LogP contribution >= 0.6 is 0 Å². The summed E-state index contributed by atoms with van der Waals surface area (Å²) in [6.07, 6.45) is 3.96. The molecule has 2 saturated heterocycles. The van der Waals surface area contributed by atoms with Crippen LogP contribution < -0.4 is 0 Å². The molecule has 0 bridgehead atoms. The monoisotopic (exact) mass is 180 g/mol. The van der Waals surface area contributed by atoms with Gasteiger partial charge in [-0.2, -0.15) is 0 Å². The van der Waals surface area contributed by atoms with E-state index < -0.39 is 0 Å². The van der Waals surface area contributed by atoms with Gasteiger partial charge in [0.25, 0.3) is 0 Å². The van der Waals surface area contributed by atoms with Gasteiger partial charge in [0.2, 0.25) is 5.91 Å². The second-order valence-corrected chi connectivity index (χ2v) is 3.82. The van der Waals surface area contributed by atoms with E-state index in [-0.39, 0.29) is 5.91 Å². The van der Waals surface area contributed by atoms with Crippen molar-refractivity contribution >= 4 is 5.91 Å². The molecule has 0 aromatic rings. The van der Waals surface area contributed by atoms with Gasteiger partial charge in [0, 0.05) is 25.7 Å². The van der Waals surface area contributed by atoms with Gasteiger partial charge in [-0.15, -0.1) is 0 Å². The second kappa shape index (κ2) is 3.50. The van der Waals surface area contributed by atoms with Gasteiger partial charge in [0.15, 0.2) is 0 Å². The van der Waals surface area contributed by atoms with Crippen LogP contribution in [0, 0.1) is 0 Å². The molecule has 0 saturated carbocycles. The lowest BCUT2D eigenvalue weighted by Crippen LogP contribution is -2.51. The molecule has 13 heavy (non-hydrogen) atoms. The van der Waals surface area contributed by atoms with Crippen molar-refractivity contribution in [2.24, 2.45) is 0 Å². The molecule has 2 fully saturated rings. The molecule has 2 rings (SSSR count). The number of carbonyl (C=O) groups is 1. The van der Waals surface area contributed by atoms with Crippen LogP contribution in [0.4, 0.5) is 0 Å². The minimum absolute atomic E-state index is 0.0894. The van der Waals surface area contributed by atoms with Gasteiger partial charge < -0.3 is 4.90 Å². The van der Waals surface area contributed by atoms with E-state index in [9.17, 15) is 4.79 Å². The van der Waals surface area contributed by atoms with E-state index in [1.165, 1.54) is 25.5 Å². The van der Waals surface area contributed by atoms with Crippen molar-refractivity contribution in [1.82, 2.24) is 9.80 Å². The van der Waals surface area contributed by atoms with Crippen LogP contribution in [-0.2, 0) is 4.79 Å². The average molecular weight is 180 g/mol. The molecule has 0 radical (unpaired) electrons. The Balaban J connectivity index is 1.96. The number of rotatable bonds is 1. The van der Waals surface area contributed by atoms with Crippen LogP contribution in [0.25, 0.3) is 0 Å². The SMILES string of the molecule is C=CC(=O)N1CCN2CCCC2C1. The summed E-state index contributed by atoms with van der Waals surface area (Å²) in [6, 6.07) is 0.623. The average Bonchev–Trinajstić information content (AvgIpc) is 2.63. The molecular formula is C10H16N2O. The zero-order valence-electron chi connectivity index (χ0n) is 7.91. The lowest BCUT2D eigenvalue weighted by atomic mass is 10.1. The van der Waals surface area contributed by atoms with Crippen molar-refractivity contribution < 1.29 is 4.79 Å². The van der Waals surface area contributed by atoms with E-state index in [1.54, 1.807) is 0 Å². The van der Waals surface area contributed by atoms with E-state index in [0.717, 1.165) is 19.6 Å². The Labute approximate surface area is 79.0 Å². The fourth-order valence-corrected chi connectivity index (χ4v) is 2.32. The van der Waals surface area contributed by atoms with Crippen molar-refractivity contribution in [3.8, 4) is 0 Å². The summed E-state index contributed by atoms with van der Waals surface area (Å²) in [5.41, 5.74) is 0. The van der Waals surface area contributed by atoms with E-state index in [4.69, 9.17) is 0 Å². The zero-order chi connectivity index (χ0) is 9.26. The number of hydrogen-bond donors (Lipinski definition) is 0. The van der Waals surface area contributed by atoms with Crippen molar-refractivity contribution in [3.63, 3.8) is 0 Å². The fraction of sp³-hybridized carbons (Fsp3) is 0.700.